The van der Waals surface area contributed by atoms with Crippen molar-refractivity contribution in [3.8, 4) is 0 Å². The number of allylic oxidation sites excluding steroid dienone is 3. The van der Waals surface area contributed by atoms with Crippen molar-refractivity contribution in [2.75, 3.05) is 34.2 Å². The van der Waals surface area contributed by atoms with Crippen LogP contribution in [-0.2, 0) is 0 Å². The summed E-state index contributed by atoms with van der Waals surface area (Å²) >= 11 is 0. The maximum Gasteiger partial charge on any atom is 0.0302 e. The van der Waals surface area contributed by atoms with E-state index in [1.807, 2.05) is 6.92 Å². The van der Waals surface area contributed by atoms with Gasteiger partial charge in [-0.3, -0.25) is 0 Å². The van der Waals surface area contributed by atoms with E-state index in [9.17, 15) is 0 Å². The van der Waals surface area contributed by atoms with Crippen LogP contribution in [-0.4, -0.2) is 44.0 Å². The van der Waals surface area contributed by atoms with Crippen LogP contribution in [0.4, 0.5) is 0 Å². The fourth-order valence-corrected chi connectivity index (χ4v) is 0.977. The van der Waals surface area contributed by atoms with Crippen LogP contribution in [0.25, 0.3) is 0 Å². The lowest BCUT2D eigenvalue weighted by Gasteiger charge is -2.22. The van der Waals surface area contributed by atoms with Gasteiger partial charge in [0.15, 0.2) is 0 Å². The third-order valence-electron chi connectivity index (χ3n) is 2.43. The standard InChI is InChI=1S/C13H24N2/c1-11(2)12(3)10-13(4)15(7)9-8-14(5)6/h10H,1,4,8-9H2,2-3,5-7H3/b12-10-. The molecule has 0 atom stereocenters. The lowest BCUT2D eigenvalue weighted by molar-refractivity contribution is 0.331. The van der Waals surface area contributed by atoms with Gasteiger partial charge >= 0.3 is 0 Å². The molecule has 0 fully saturated rings. The van der Waals surface area contributed by atoms with Crippen molar-refractivity contribution in [1.29, 1.82) is 0 Å². The molecule has 0 radical (unpaired) electrons. The molecule has 0 saturated heterocycles. The van der Waals surface area contributed by atoms with E-state index in [1.54, 1.807) is 0 Å². The maximum atomic E-state index is 4.04. The summed E-state index contributed by atoms with van der Waals surface area (Å²) in [7, 11) is 6.21. The summed E-state index contributed by atoms with van der Waals surface area (Å²) < 4.78 is 0. The lowest BCUT2D eigenvalue weighted by atomic mass is 10.1. The van der Waals surface area contributed by atoms with Crippen LogP contribution < -0.4 is 0 Å². The predicted molar refractivity (Wildman–Crippen MR) is 68.9 cm³/mol. The van der Waals surface area contributed by atoms with Gasteiger partial charge in [0.05, 0.1) is 0 Å². The molecule has 0 saturated carbocycles. The number of nitrogens with zero attached hydrogens (tertiary/aromatic N) is 2. The Morgan fingerprint density at radius 3 is 2.00 bits per heavy atom. The summed E-state index contributed by atoms with van der Waals surface area (Å²) in [4.78, 5) is 4.32. The average Bonchev–Trinajstić information content (AvgIpc) is 2.13. The van der Waals surface area contributed by atoms with Gasteiger partial charge in [-0.2, -0.15) is 0 Å². The minimum absolute atomic E-state index is 0.992. The number of hydrogen-bond donors (Lipinski definition) is 0. The average molecular weight is 208 g/mol. The molecule has 0 aliphatic heterocycles. The van der Waals surface area contributed by atoms with Crippen LogP contribution in [0.1, 0.15) is 13.8 Å². The van der Waals surface area contributed by atoms with Gasteiger partial charge in [0.2, 0.25) is 0 Å². The van der Waals surface area contributed by atoms with Crippen molar-refractivity contribution in [1.82, 2.24) is 9.80 Å². The molecule has 86 valence electrons. The number of rotatable bonds is 6. The second-order valence-electron chi connectivity index (χ2n) is 4.32. The molecule has 0 aliphatic carbocycles. The van der Waals surface area contributed by atoms with E-state index in [1.165, 1.54) is 5.57 Å². The Labute approximate surface area is 94.6 Å². The third kappa shape index (κ3) is 6.13. The normalized spacial score (nSPS) is 11.7. The first-order valence-electron chi connectivity index (χ1n) is 5.23. The fourth-order valence-electron chi connectivity index (χ4n) is 0.977. The van der Waals surface area contributed by atoms with Gasteiger partial charge < -0.3 is 9.80 Å². The van der Waals surface area contributed by atoms with Gasteiger partial charge in [0.1, 0.15) is 0 Å². The first-order chi connectivity index (χ1) is 6.84. The van der Waals surface area contributed by atoms with Crippen molar-refractivity contribution in [2.24, 2.45) is 0 Å². The molecule has 0 amide bonds. The molecule has 0 unspecified atom stereocenters. The predicted octanol–water partition coefficient (Wildman–Crippen LogP) is 2.52. The summed E-state index contributed by atoms with van der Waals surface area (Å²) in [5.41, 5.74) is 3.33. The van der Waals surface area contributed by atoms with Gasteiger partial charge in [0, 0.05) is 25.8 Å². The molecule has 2 heteroatoms. The summed E-state index contributed by atoms with van der Waals surface area (Å²) in [6.45, 7) is 14.1. The zero-order valence-corrected chi connectivity index (χ0v) is 10.8. The van der Waals surface area contributed by atoms with Gasteiger partial charge in [-0.15, -0.1) is 0 Å². The van der Waals surface area contributed by atoms with Gasteiger partial charge in [-0.25, -0.2) is 0 Å². The highest BCUT2D eigenvalue weighted by molar-refractivity contribution is 5.30. The van der Waals surface area contributed by atoms with E-state index >= 15 is 0 Å². The zero-order valence-electron chi connectivity index (χ0n) is 10.8. The minimum Gasteiger partial charge on any atom is -0.374 e. The molecule has 15 heavy (non-hydrogen) atoms. The Kier molecular flexibility index (Phi) is 6.02. The highest BCUT2D eigenvalue weighted by atomic mass is 15.2. The Bertz CT molecular complexity index is 262. The first kappa shape index (κ1) is 14.0. The second kappa shape index (κ2) is 6.46. The van der Waals surface area contributed by atoms with Crippen LogP contribution in [0.5, 0.6) is 0 Å². The molecule has 0 aliphatic rings. The van der Waals surface area contributed by atoms with Gasteiger partial charge in [-0.1, -0.05) is 18.7 Å². The molecule has 2 nitrogen and oxygen atoms in total. The fraction of sp³-hybridized carbons (Fsp3) is 0.538. The molecule has 0 heterocycles. The third-order valence-corrected chi connectivity index (χ3v) is 2.43. The van der Waals surface area contributed by atoms with Crippen LogP contribution in [0, 0.1) is 0 Å². The van der Waals surface area contributed by atoms with Crippen molar-refractivity contribution < 1.29 is 0 Å². The Morgan fingerprint density at radius 2 is 1.60 bits per heavy atom. The quantitative estimate of drug-likeness (QED) is 0.619. The summed E-state index contributed by atoms with van der Waals surface area (Å²) in [5, 5.41) is 0. The number of likely N-dealkylation sites (N-methyl/N-ethyl adjacent to an activating group) is 2. The van der Waals surface area contributed by atoms with E-state index in [4.69, 9.17) is 0 Å². The molecule has 0 aromatic heterocycles. The zero-order chi connectivity index (χ0) is 12.0. The monoisotopic (exact) mass is 208 g/mol. The maximum absolute atomic E-state index is 4.04. The van der Waals surface area contributed by atoms with E-state index in [2.05, 4.69) is 57.1 Å². The Morgan fingerprint density at radius 1 is 1.07 bits per heavy atom. The topological polar surface area (TPSA) is 6.48 Å². The van der Waals surface area contributed by atoms with E-state index < -0.39 is 0 Å². The molecule has 0 spiro atoms. The van der Waals surface area contributed by atoms with Crippen LogP contribution in [0.3, 0.4) is 0 Å². The summed E-state index contributed by atoms with van der Waals surface area (Å²) in [6, 6.07) is 0. The molecule has 0 aromatic rings. The molecule has 0 bridgehead atoms. The van der Waals surface area contributed by atoms with Crippen molar-refractivity contribution in [3.05, 3.63) is 36.1 Å². The Hall–Kier alpha value is -1.02. The van der Waals surface area contributed by atoms with Crippen molar-refractivity contribution >= 4 is 0 Å². The number of hydrogen-bond acceptors (Lipinski definition) is 2. The molecule has 0 N–H and O–H groups in total. The minimum atomic E-state index is 0.992. The second-order valence-corrected chi connectivity index (χ2v) is 4.32. The smallest absolute Gasteiger partial charge is 0.0302 e. The van der Waals surface area contributed by atoms with E-state index in [-0.39, 0.29) is 0 Å². The highest BCUT2D eigenvalue weighted by Crippen LogP contribution is 2.10. The van der Waals surface area contributed by atoms with Crippen molar-refractivity contribution in [2.45, 2.75) is 13.8 Å². The SMILES string of the molecule is C=C(C)/C(C)=C\C(=C)N(C)CCN(C)C. The Balaban J connectivity index is 4.21. The molecule has 0 rings (SSSR count). The summed E-state index contributed by atoms with van der Waals surface area (Å²) in [5.74, 6) is 0. The van der Waals surface area contributed by atoms with E-state index in [0.29, 0.717) is 0 Å². The van der Waals surface area contributed by atoms with Crippen LogP contribution in [0.15, 0.2) is 36.1 Å². The lowest BCUT2D eigenvalue weighted by Crippen LogP contribution is -2.27. The molecule has 0 aromatic carbocycles. The highest BCUT2D eigenvalue weighted by Gasteiger charge is 2.00. The van der Waals surface area contributed by atoms with E-state index in [0.717, 1.165) is 24.4 Å². The van der Waals surface area contributed by atoms with Crippen LogP contribution in [0.2, 0.25) is 0 Å². The first-order valence-corrected chi connectivity index (χ1v) is 5.23. The largest absolute Gasteiger partial charge is 0.374 e. The summed E-state index contributed by atoms with van der Waals surface area (Å²) in [6.07, 6.45) is 2.08. The van der Waals surface area contributed by atoms with Gasteiger partial charge in [0.25, 0.3) is 0 Å². The van der Waals surface area contributed by atoms with Crippen molar-refractivity contribution in [3.63, 3.8) is 0 Å². The molecular weight excluding hydrogens is 184 g/mol. The van der Waals surface area contributed by atoms with Crippen LogP contribution >= 0.6 is 0 Å². The molecular formula is C13H24N2. The van der Waals surface area contributed by atoms with Gasteiger partial charge in [-0.05, 0) is 39.6 Å².